The molecule has 0 aromatic carbocycles. The van der Waals surface area contributed by atoms with Crippen LogP contribution in [0.4, 0.5) is 0 Å². The van der Waals surface area contributed by atoms with Crippen molar-refractivity contribution in [2.75, 3.05) is 0 Å². The third-order valence-corrected chi connectivity index (χ3v) is 4.14. The average molecular weight is 300 g/mol. The Morgan fingerprint density at radius 2 is 2.05 bits per heavy atom. The molecule has 20 heavy (non-hydrogen) atoms. The summed E-state index contributed by atoms with van der Waals surface area (Å²) < 4.78 is 1.55. The Hall–Kier alpha value is -1.63. The van der Waals surface area contributed by atoms with Crippen molar-refractivity contribution >= 4 is 23.2 Å². The van der Waals surface area contributed by atoms with Crippen molar-refractivity contribution in [1.82, 2.24) is 9.88 Å². The molecule has 0 saturated carbocycles. The molecule has 1 aromatic rings. The first-order valence-corrected chi connectivity index (χ1v) is 7.37. The Morgan fingerprint density at radius 3 is 2.50 bits per heavy atom. The van der Waals surface area contributed by atoms with Crippen LogP contribution in [0.25, 0.3) is 0 Å². The van der Waals surface area contributed by atoms with Gasteiger partial charge < -0.3 is 15.0 Å². The number of carbonyl (C=O) groups is 2. The van der Waals surface area contributed by atoms with Crippen LogP contribution in [0, 0.1) is 13.8 Å². The fourth-order valence-electron chi connectivity index (χ4n) is 1.87. The third-order valence-electron chi connectivity index (χ3n) is 3.15. The lowest BCUT2D eigenvalue weighted by molar-refractivity contribution is -0.142. The molecule has 1 unspecified atom stereocenters. The lowest BCUT2D eigenvalue weighted by Gasteiger charge is -2.13. The summed E-state index contributed by atoms with van der Waals surface area (Å²) in [5.41, 5.74) is 0.858. The summed E-state index contributed by atoms with van der Waals surface area (Å²) in [4.78, 5) is 35.2. The van der Waals surface area contributed by atoms with Crippen LogP contribution in [0.1, 0.15) is 36.8 Å². The molecule has 2 N–H and O–H groups in total. The van der Waals surface area contributed by atoms with E-state index in [2.05, 4.69) is 5.32 Å². The maximum atomic E-state index is 11.7. The van der Waals surface area contributed by atoms with E-state index in [0.29, 0.717) is 12.8 Å². The van der Waals surface area contributed by atoms with Crippen LogP contribution in [0.2, 0.25) is 0 Å². The van der Waals surface area contributed by atoms with Crippen molar-refractivity contribution in [3.63, 3.8) is 0 Å². The van der Waals surface area contributed by atoms with E-state index < -0.39 is 12.0 Å². The second-order valence-corrected chi connectivity index (χ2v) is 5.82. The van der Waals surface area contributed by atoms with Crippen LogP contribution in [-0.2, 0) is 16.1 Å². The van der Waals surface area contributed by atoms with Crippen LogP contribution in [0.15, 0.2) is 4.79 Å². The highest BCUT2D eigenvalue weighted by atomic mass is 32.1. The zero-order chi connectivity index (χ0) is 15.3. The lowest BCUT2D eigenvalue weighted by atomic mass is 10.1. The Balaban J connectivity index is 2.59. The van der Waals surface area contributed by atoms with Gasteiger partial charge in [0.25, 0.3) is 0 Å². The van der Waals surface area contributed by atoms with Gasteiger partial charge in [-0.1, -0.05) is 24.7 Å². The maximum absolute atomic E-state index is 11.7. The molecule has 0 aliphatic carbocycles. The number of aromatic nitrogens is 1. The number of carbonyl (C=O) groups excluding carboxylic acids is 1. The van der Waals surface area contributed by atoms with Crippen LogP contribution in [-0.4, -0.2) is 27.6 Å². The highest BCUT2D eigenvalue weighted by molar-refractivity contribution is 7.09. The predicted molar refractivity (Wildman–Crippen MR) is 77.1 cm³/mol. The van der Waals surface area contributed by atoms with Crippen molar-refractivity contribution in [1.29, 1.82) is 0 Å². The van der Waals surface area contributed by atoms with Gasteiger partial charge in [0.15, 0.2) is 0 Å². The normalized spacial score (nSPS) is 12.2. The minimum Gasteiger partial charge on any atom is -0.480 e. The Morgan fingerprint density at radius 1 is 1.40 bits per heavy atom. The standard InChI is InChI=1S/C13H20N2O4S/c1-4-5-10(12(17)18)14-11(16)6-7-15-8(2)9(3)20-13(15)19/h10H,4-7H2,1-3H3,(H,14,16)(H,17,18). The smallest absolute Gasteiger partial charge is 0.326 e. The van der Waals surface area contributed by atoms with E-state index in [-0.39, 0.29) is 23.7 Å². The Kier molecular flexibility index (Phi) is 5.94. The zero-order valence-electron chi connectivity index (χ0n) is 11.9. The third kappa shape index (κ3) is 4.19. The number of rotatable bonds is 7. The van der Waals surface area contributed by atoms with Crippen LogP contribution < -0.4 is 10.2 Å². The van der Waals surface area contributed by atoms with E-state index >= 15 is 0 Å². The summed E-state index contributed by atoms with van der Waals surface area (Å²) >= 11 is 1.16. The van der Waals surface area contributed by atoms with Gasteiger partial charge in [-0.2, -0.15) is 0 Å². The minimum absolute atomic E-state index is 0.0869. The molecule has 0 spiro atoms. The number of nitrogens with one attached hydrogen (secondary N) is 1. The quantitative estimate of drug-likeness (QED) is 0.794. The SMILES string of the molecule is CCCC(NC(=O)CCn1c(C)c(C)sc1=O)C(=O)O. The first-order valence-electron chi connectivity index (χ1n) is 6.55. The monoisotopic (exact) mass is 300 g/mol. The van der Waals surface area contributed by atoms with E-state index in [1.165, 1.54) is 0 Å². The molecule has 112 valence electrons. The van der Waals surface area contributed by atoms with Gasteiger partial charge in [0, 0.05) is 23.5 Å². The largest absolute Gasteiger partial charge is 0.480 e. The van der Waals surface area contributed by atoms with E-state index in [1.807, 2.05) is 20.8 Å². The molecule has 1 rings (SSSR count). The van der Waals surface area contributed by atoms with Gasteiger partial charge in [0.05, 0.1) is 0 Å². The van der Waals surface area contributed by atoms with Gasteiger partial charge in [-0.05, 0) is 20.3 Å². The van der Waals surface area contributed by atoms with Gasteiger partial charge in [0.2, 0.25) is 5.91 Å². The summed E-state index contributed by atoms with van der Waals surface area (Å²) in [6, 6.07) is -0.852. The molecule has 7 heteroatoms. The number of carboxylic acid groups (broad SMARTS) is 1. The van der Waals surface area contributed by atoms with Crippen molar-refractivity contribution < 1.29 is 14.7 Å². The van der Waals surface area contributed by atoms with Gasteiger partial charge in [-0.25, -0.2) is 4.79 Å². The van der Waals surface area contributed by atoms with Crippen molar-refractivity contribution in [3.8, 4) is 0 Å². The van der Waals surface area contributed by atoms with Crippen LogP contribution in [0.5, 0.6) is 0 Å². The molecule has 1 atom stereocenters. The molecule has 1 aromatic heterocycles. The number of thiazole rings is 1. The first-order chi connectivity index (χ1) is 9.36. The summed E-state index contributed by atoms with van der Waals surface area (Å²) in [6.07, 6.45) is 1.18. The fourth-order valence-corrected chi connectivity index (χ4v) is 2.73. The predicted octanol–water partition coefficient (Wildman–Crippen LogP) is 1.29. The fraction of sp³-hybridized carbons (Fsp3) is 0.615. The highest BCUT2D eigenvalue weighted by Gasteiger charge is 2.19. The number of carboxylic acids is 1. The molecule has 0 aliphatic rings. The van der Waals surface area contributed by atoms with E-state index in [4.69, 9.17) is 5.11 Å². The van der Waals surface area contributed by atoms with Crippen molar-refractivity contribution in [2.24, 2.45) is 0 Å². The second kappa shape index (κ2) is 7.23. The number of nitrogens with zero attached hydrogens (tertiary/aromatic N) is 1. The van der Waals surface area contributed by atoms with E-state index in [0.717, 1.165) is 21.9 Å². The van der Waals surface area contributed by atoms with Gasteiger partial charge in [0.1, 0.15) is 6.04 Å². The van der Waals surface area contributed by atoms with Gasteiger partial charge in [-0.3, -0.25) is 9.59 Å². The number of aryl methyl sites for hydroxylation is 1. The molecule has 0 fully saturated rings. The molecule has 0 bridgehead atoms. The number of aliphatic carboxylic acids is 1. The molecule has 6 nitrogen and oxygen atoms in total. The first kappa shape index (κ1) is 16.4. The molecular weight excluding hydrogens is 280 g/mol. The molecule has 0 aliphatic heterocycles. The maximum Gasteiger partial charge on any atom is 0.326 e. The average Bonchev–Trinajstić information content (AvgIpc) is 2.60. The van der Waals surface area contributed by atoms with Gasteiger partial charge >= 0.3 is 10.8 Å². The zero-order valence-corrected chi connectivity index (χ0v) is 12.7. The molecular formula is C13H20N2O4S. The number of hydrogen-bond acceptors (Lipinski definition) is 4. The number of hydrogen-bond donors (Lipinski definition) is 2. The van der Waals surface area contributed by atoms with E-state index in [9.17, 15) is 14.4 Å². The molecule has 1 heterocycles. The summed E-state index contributed by atoms with van der Waals surface area (Å²) in [5.74, 6) is -1.37. The summed E-state index contributed by atoms with van der Waals surface area (Å²) in [5, 5.41) is 11.4. The van der Waals surface area contributed by atoms with Crippen molar-refractivity contribution in [3.05, 3.63) is 20.2 Å². The Labute approximate surface area is 121 Å². The Bertz CT molecular complexity index is 547. The lowest BCUT2D eigenvalue weighted by Crippen LogP contribution is -2.41. The van der Waals surface area contributed by atoms with Crippen LogP contribution in [0.3, 0.4) is 0 Å². The van der Waals surface area contributed by atoms with E-state index in [1.54, 1.807) is 4.57 Å². The second-order valence-electron chi connectivity index (χ2n) is 4.66. The molecule has 0 saturated heterocycles. The molecule has 1 amide bonds. The summed E-state index contributed by atoms with van der Waals surface area (Å²) in [6.45, 7) is 5.83. The van der Waals surface area contributed by atoms with Crippen LogP contribution >= 0.6 is 11.3 Å². The molecule has 0 radical (unpaired) electrons. The van der Waals surface area contributed by atoms with Crippen molar-refractivity contribution in [2.45, 2.75) is 52.6 Å². The minimum atomic E-state index is -1.03. The van der Waals surface area contributed by atoms with Gasteiger partial charge in [-0.15, -0.1) is 0 Å². The highest BCUT2D eigenvalue weighted by Crippen LogP contribution is 2.09. The topological polar surface area (TPSA) is 88.4 Å². The summed E-state index contributed by atoms with van der Waals surface area (Å²) in [7, 11) is 0. The number of amides is 1.